The number of hydrogen-bond acceptors (Lipinski definition) is 3. The van der Waals surface area contributed by atoms with Crippen LogP contribution in [0, 0.1) is 0 Å². The Morgan fingerprint density at radius 2 is 2.40 bits per heavy atom. The van der Waals surface area contributed by atoms with E-state index < -0.39 is 0 Å². The Bertz CT molecular complexity index is 159. The summed E-state index contributed by atoms with van der Waals surface area (Å²) in [5.74, 6) is -0.0354. The fourth-order valence-corrected chi connectivity index (χ4v) is 1.26. The van der Waals surface area contributed by atoms with Gasteiger partial charge in [0.25, 0.3) is 0 Å². The zero-order chi connectivity index (χ0) is 6.97. The van der Waals surface area contributed by atoms with Crippen molar-refractivity contribution in [1.82, 2.24) is 5.32 Å². The van der Waals surface area contributed by atoms with Gasteiger partial charge >= 0.3 is 0 Å². The van der Waals surface area contributed by atoms with Crippen molar-refractivity contribution < 1.29 is 14.3 Å². The summed E-state index contributed by atoms with van der Waals surface area (Å²) < 4.78 is 10.3. The second kappa shape index (κ2) is 2.21. The first-order chi connectivity index (χ1) is 4.86. The van der Waals surface area contributed by atoms with Crippen LogP contribution < -0.4 is 5.32 Å². The van der Waals surface area contributed by atoms with Crippen LogP contribution in [0.1, 0.15) is 0 Å². The van der Waals surface area contributed by atoms with Crippen molar-refractivity contribution in [2.45, 2.75) is 12.1 Å². The van der Waals surface area contributed by atoms with Crippen molar-refractivity contribution in [3.05, 3.63) is 0 Å². The van der Waals surface area contributed by atoms with Crippen molar-refractivity contribution in [3.63, 3.8) is 0 Å². The summed E-state index contributed by atoms with van der Waals surface area (Å²) in [4.78, 5) is 10.7. The number of morpholine rings is 1. The molecule has 10 heavy (non-hydrogen) atoms. The highest BCUT2D eigenvalue weighted by atomic mass is 16.6. The van der Waals surface area contributed by atoms with E-state index in [0.29, 0.717) is 13.2 Å². The van der Waals surface area contributed by atoms with Gasteiger partial charge in [0.05, 0.1) is 19.3 Å². The maximum Gasteiger partial charge on any atom is 0.246 e. The number of carbonyl (C=O) groups is 1. The number of rotatable bonds is 0. The van der Waals surface area contributed by atoms with E-state index >= 15 is 0 Å². The lowest BCUT2D eigenvalue weighted by atomic mass is 10.2. The van der Waals surface area contributed by atoms with E-state index in [2.05, 4.69) is 5.32 Å². The molecule has 2 rings (SSSR count). The maximum atomic E-state index is 10.7. The van der Waals surface area contributed by atoms with Gasteiger partial charge < -0.3 is 14.8 Å². The Kier molecular flexibility index (Phi) is 1.35. The molecular formula is C6H9NO3. The molecule has 0 aromatic rings. The van der Waals surface area contributed by atoms with Crippen molar-refractivity contribution in [2.24, 2.45) is 0 Å². The Labute approximate surface area is 58.5 Å². The first-order valence-corrected chi connectivity index (χ1v) is 3.35. The summed E-state index contributed by atoms with van der Waals surface area (Å²) in [7, 11) is 0. The first kappa shape index (κ1) is 6.12. The predicted octanol–water partition coefficient (Wildman–Crippen LogP) is -1.10. The molecule has 2 aliphatic rings. The van der Waals surface area contributed by atoms with Gasteiger partial charge in [0, 0.05) is 0 Å². The number of ether oxygens (including phenoxy) is 2. The van der Waals surface area contributed by atoms with Gasteiger partial charge in [-0.1, -0.05) is 0 Å². The molecule has 2 atom stereocenters. The standard InChI is InChI=1S/C6H9NO3/c8-6-3-10-5-2-9-1-4(5)7-6/h4-5H,1-3H2,(H,7,8)/t4-,5+/m0/s1. The van der Waals surface area contributed by atoms with E-state index in [1.165, 1.54) is 0 Å². The summed E-state index contributed by atoms with van der Waals surface area (Å²) in [5, 5.41) is 2.79. The van der Waals surface area contributed by atoms with Crippen LogP contribution in [0.25, 0.3) is 0 Å². The average molecular weight is 143 g/mol. The largest absolute Gasteiger partial charge is 0.376 e. The molecule has 1 N–H and O–H groups in total. The molecule has 0 radical (unpaired) electrons. The van der Waals surface area contributed by atoms with E-state index in [1.807, 2.05) is 0 Å². The summed E-state index contributed by atoms with van der Waals surface area (Å²) in [6.45, 7) is 1.39. The number of amides is 1. The number of carbonyl (C=O) groups excluding carboxylic acids is 1. The van der Waals surface area contributed by atoms with Gasteiger partial charge in [0.15, 0.2) is 0 Å². The predicted molar refractivity (Wildman–Crippen MR) is 32.5 cm³/mol. The monoisotopic (exact) mass is 143 g/mol. The van der Waals surface area contributed by atoms with Gasteiger partial charge in [-0.3, -0.25) is 4.79 Å². The van der Waals surface area contributed by atoms with E-state index in [9.17, 15) is 4.79 Å². The van der Waals surface area contributed by atoms with Crippen LogP contribution in [0.15, 0.2) is 0 Å². The molecule has 2 fully saturated rings. The van der Waals surface area contributed by atoms with Crippen molar-refractivity contribution >= 4 is 5.91 Å². The number of nitrogens with one attached hydrogen (secondary N) is 1. The van der Waals surface area contributed by atoms with E-state index in [4.69, 9.17) is 9.47 Å². The van der Waals surface area contributed by atoms with Crippen LogP contribution in [0.5, 0.6) is 0 Å². The fourth-order valence-electron chi connectivity index (χ4n) is 1.26. The molecule has 56 valence electrons. The summed E-state index contributed by atoms with van der Waals surface area (Å²) in [5.41, 5.74) is 0. The third-order valence-corrected chi connectivity index (χ3v) is 1.80. The topological polar surface area (TPSA) is 47.6 Å². The van der Waals surface area contributed by atoms with Gasteiger partial charge in [-0.2, -0.15) is 0 Å². The van der Waals surface area contributed by atoms with Gasteiger partial charge in [-0.05, 0) is 0 Å². The zero-order valence-electron chi connectivity index (χ0n) is 5.50. The smallest absolute Gasteiger partial charge is 0.246 e. The Morgan fingerprint density at radius 3 is 3.30 bits per heavy atom. The molecule has 0 unspecified atom stereocenters. The lowest BCUT2D eigenvalue weighted by Crippen LogP contribution is -2.50. The van der Waals surface area contributed by atoms with Crippen LogP contribution in [0.2, 0.25) is 0 Å². The van der Waals surface area contributed by atoms with Crippen molar-refractivity contribution in [1.29, 1.82) is 0 Å². The van der Waals surface area contributed by atoms with Crippen molar-refractivity contribution in [2.75, 3.05) is 19.8 Å². The highest BCUT2D eigenvalue weighted by Crippen LogP contribution is 2.12. The quantitative estimate of drug-likeness (QED) is 0.468. The molecule has 2 aliphatic heterocycles. The van der Waals surface area contributed by atoms with Gasteiger partial charge in [0.2, 0.25) is 5.91 Å². The third kappa shape index (κ3) is 0.892. The van der Waals surface area contributed by atoms with E-state index in [-0.39, 0.29) is 24.7 Å². The lowest BCUT2D eigenvalue weighted by molar-refractivity contribution is -0.134. The molecule has 0 aromatic carbocycles. The summed E-state index contributed by atoms with van der Waals surface area (Å²) in [6, 6.07) is 0.0984. The van der Waals surface area contributed by atoms with E-state index in [1.54, 1.807) is 0 Å². The fraction of sp³-hybridized carbons (Fsp3) is 0.833. The molecule has 0 aromatic heterocycles. The first-order valence-electron chi connectivity index (χ1n) is 3.35. The van der Waals surface area contributed by atoms with E-state index in [0.717, 1.165) is 0 Å². The Morgan fingerprint density at radius 1 is 1.50 bits per heavy atom. The molecule has 2 heterocycles. The van der Waals surface area contributed by atoms with Crippen LogP contribution in [0.3, 0.4) is 0 Å². The molecule has 4 heteroatoms. The molecule has 0 spiro atoms. The highest BCUT2D eigenvalue weighted by molar-refractivity contribution is 5.78. The highest BCUT2D eigenvalue weighted by Gasteiger charge is 2.34. The van der Waals surface area contributed by atoms with Crippen LogP contribution >= 0.6 is 0 Å². The van der Waals surface area contributed by atoms with Gasteiger partial charge in [-0.25, -0.2) is 0 Å². The SMILES string of the molecule is O=C1CO[C@@H]2COC[C@@H]2N1. The Hall–Kier alpha value is -0.610. The van der Waals surface area contributed by atoms with Crippen LogP contribution in [-0.2, 0) is 14.3 Å². The summed E-state index contributed by atoms with van der Waals surface area (Å²) >= 11 is 0. The van der Waals surface area contributed by atoms with Gasteiger partial charge in [0.1, 0.15) is 12.7 Å². The lowest BCUT2D eigenvalue weighted by Gasteiger charge is -2.24. The minimum atomic E-state index is -0.0354. The summed E-state index contributed by atoms with van der Waals surface area (Å²) in [6.07, 6.45) is 0.0951. The van der Waals surface area contributed by atoms with Crippen LogP contribution in [-0.4, -0.2) is 37.9 Å². The normalized spacial score (nSPS) is 39.0. The zero-order valence-corrected chi connectivity index (χ0v) is 5.50. The third-order valence-electron chi connectivity index (χ3n) is 1.80. The van der Waals surface area contributed by atoms with Crippen molar-refractivity contribution in [3.8, 4) is 0 Å². The molecule has 0 saturated carbocycles. The Balaban J connectivity index is 2.03. The average Bonchev–Trinajstić information content (AvgIpc) is 2.33. The van der Waals surface area contributed by atoms with Crippen LogP contribution in [0.4, 0.5) is 0 Å². The minimum Gasteiger partial charge on any atom is -0.376 e. The molecule has 1 amide bonds. The molecular weight excluding hydrogens is 134 g/mol. The van der Waals surface area contributed by atoms with Gasteiger partial charge in [-0.15, -0.1) is 0 Å². The minimum absolute atomic E-state index is 0.0354. The molecule has 0 aliphatic carbocycles. The number of hydrogen-bond donors (Lipinski definition) is 1. The number of fused-ring (bicyclic) bond motifs is 1. The molecule has 0 bridgehead atoms. The molecule has 4 nitrogen and oxygen atoms in total. The molecule has 2 saturated heterocycles. The maximum absolute atomic E-state index is 10.7. The second-order valence-corrected chi connectivity index (χ2v) is 2.56. The second-order valence-electron chi connectivity index (χ2n) is 2.56.